The number of nitrogens with two attached hydrogens (primary N) is 1. The number of benzene rings is 2. The average molecular weight is 348 g/mol. The Morgan fingerprint density at radius 3 is 2.53 bits per heavy atom. The van der Waals surface area contributed by atoms with E-state index in [9.17, 15) is 8.78 Å². The Balaban J connectivity index is 2.53. The van der Waals surface area contributed by atoms with Gasteiger partial charge in [0.15, 0.2) is 11.6 Å². The molecule has 0 aliphatic rings. The van der Waals surface area contributed by atoms with Gasteiger partial charge < -0.3 is 0 Å². The smallest absolute Gasteiger partial charge is 0.163 e. The number of hydrazine groups is 1. The van der Waals surface area contributed by atoms with Gasteiger partial charge in [0, 0.05) is 15.1 Å². The Hall–Kier alpha value is -1.01. The zero-order chi connectivity index (χ0) is 14.0. The van der Waals surface area contributed by atoms with Crippen LogP contribution in [0.25, 0.3) is 0 Å². The Bertz CT molecular complexity index is 607. The molecule has 0 spiro atoms. The van der Waals surface area contributed by atoms with E-state index in [0.29, 0.717) is 15.1 Å². The lowest BCUT2D eigenvalue weighted by Crippen LogP contribution is -2.30. The van der Waals surface area contributed by atoms with E-state index < -0.39 is 17.7 Å². The van der Waals surface area contributed by atoms with E-state index in [0.717, 1.165) is 6.07 Å². The molecular weight excluding hydrogens is 338 g/mol. The highest BCUT2D eigenvalue weighted by atomic mass is 79.9. The first-order chi connectivity index (χ1) is 9.04. The Labute approximate surface area is 122 Å². The second-order valence-electron chi connectivity index (χ2n) is 3.91. The first-order valence-electron chi connectivity index (χ1n) is 5.39. The quantitative estimate of drug-likeness (QED) is 0.652. The van der Waals surface area contributed by atoms with Crippen LogP contribution in [0, 0.1) is 11.6 Å². The molecule has 0 radical (unpaired) electrons. The molecule has 0 saturated heterocycles. The van der Waals surface area contributed by atoms with Crippen LogP contribution in [-0.2, 0) is 0 Å². The lowest BCUT2D eigenvalue weighted by molar-refractivity contribution is 0.483. The van der Waals surface area contributed by atoms with E-state index in [4.69, 9.17) is 17.4 Å². The first-order valence-corrected chi connectivity index (χ1v) is 6.56. The molecule has 3 N–H and O–H groups in total. The summed E-state index contributed by atoms with van der Waals surface area (Å²) in [5, 5.41) is 0.533. The Morgan fingerprint density at radius 1 is 1.16 bits per heavy atom. The summed E-state index contributed by atoms with van der Waals surface area (Å²) in [6.07, 6.45) is 0. The van der Waals surface area contributed by atoms with Gasteiger partial charge >= 0.3 is 0 Å². The van der Waals surface area contributed by atoms with Gasteiger partial charge in [-0.25, -0.2) is 14.2 Å². The molecule has 6 heteroatoms. The highest BCUT2D eigenvalue weighted by molar-refractivity contribution is 9.10. The second kappa shape index (κ2) is 5.96. The summed E-state index contributed by atoms with van der Waals surface area (Å²) in [5.41, 5.74) is 3.28. The monoisotopic (exact) mass is 346 g/mol. The van der Waals surface area contributed by atoms with Crippen LogP contribution in [0.1, 0.15) is 17.2 Å². The van der Waals surface area contributed by atoms with Gasteiger partial charge in [0.25, 0.3) is 0 Å². The summed E-state index contributed by atoms with van der Waals surface area (Å²) >= 11 is 9.18. The molecule has 1 unspecified atom stereocenters. The third-order valence-corrected chi connectivity index (χ3v) is 3.65. The highest BCUT2D eigenvalue weighted by Crippen LogP contribution is 2.31. The maximum atomic E-state index is 13.8. The second-order valence-corrected chi connectivity index (χ2v) is 5.20. The molecular formula is C13H10BrClF2N2. The molecule has 0 bridgehead atoms. The van der Waals surface area contributed by atoms with E-state index in [2.05, 4.69) is 21.4 Å². The third kappa shape index (κ3) is 2.95. The minimum atomic E-state index is -0.924. The third-order valence-electron chi connectivity index (χ3n) is 2.73. The summed E-state index contributed by atoms with van der Waals surface area (Å²) in [5.74, 6) is 3.63. The number of rotatable bonds is 3. The summed E-state index contributed by atoms with van der Waals surface area (Å²) < 4.78 is 27.8. The molecule has 0 amide bonds. The minimum absolute atomic E-state index is 0.130. The van der Waals surface area contributed by atoms with Crippen LogP contribution in [0.3, 0.4) is 0 Å². The molecule has 0 heterocycles. The molecule has 2 rings (SSSR count). The van der Waals surface area contributed by atoms with Crippen molar-refractivity contribution in [1.82, 2.24) is 5.43 Å². The largest absolute Gasteiger partial charge is 0.271 e. The standard InChI is InChI=1S/C13H10BrClF2N2/c14-10-6-7(15)4-5-8(10)13(19-18)9-2-1-3-11(16)12(9)17/h1-6,13,19H,18H2. The van der Waals surface area contributed by atoms with E-state index in [1.165, 1.54) is 12.1 Å². The van der Waals surface area contributed by atoms with Crippen LogP contribution in [0.15, 0.2) is 40.9 Å². The summed E-state index contributed by atoms with van der Waals surface area (Å²) in [6, 6.07) is 8.31. The number of hydrogen-bond acceptors (Lipinski definition) is 2. The molecule has 1 atom stereocenters. The number of hydrogen-bond donors (Lipinski definition) is 2. The summed E-state index contributed by atoms with van der Waals surface area (Å²) in [4.78, 5) is 0. The molecule has 0 saturated carbocycles. The van der Waals surface area contributed by atoms with Crippen molar-refractivity contribution in [2.45, 2.75) is 6.04 Å². The van der Waals surface area contributed by atoms with Gasteiger partial charge in [-0.2, -0.15) is 0 Å². The van der Waals surface area contributed by atoms with Gasteiger partial charge in [-0.1, -0.05) is 45.7 Å². The van der Waals surface area contributed by atoms with Crippen LogP contribution >= 0.6 is 27.5 Å². The van der Waals surface area contributed by atoms with Crippen molar-refractivity contribution in [3.63, 3.8) is 0 Å². The fraction of sp³-hybridized carbons (Fsp3) is 0.0769. The fourth-order valence-corrected chi connectivity index (χ4v) is 2.74. The molecule has 2 nitrogen and oxygen atoms in total. The van der Waals surface area contributed by atoms with Gasteiger partial charge in [0.2, 0.25) is 0 Å². The first kappa shape index (κ1) is 14.4. The number of halogens is 4. The van der Waals surface area contributed by atoms with Crippen LogP contribution in [0.5, 0.6) is 0 Å². The van der Waals surface area contributed by atoms with Crippen molar-refractivity contribution in [1.29, 1.82) is 0 Å². The molecule has 0 aromatic heterocycles. The van der Waals surface area contributed by atoms with Crippen molar-refractivity contribution in [3.8, 4) is 0 Å². The van der Waals surface area contributed by atoms with Crippen molar-refractivity contribution in [2.75, 3.05) is 0 Å². The Kier molecular flexibility index (Phi) is 4.52. The molecule has 0 fully saturated rings. The van der Waals surface area contributed by atoms with Gasteiger partial charge in [-0.15, -0.1) is 0 Å². The van der Waals surface area contributed by atoms with E-state index >= 15 is 0 Å². The maximum absolute atomic E-state index is 13.8. The molecule has 100 valence electrons. The average Bonchev–Trinajstić information content (AvgIpc) is 2.37. The molecule has 0 aliphatic heterocycles. The van der Waals surface area contributed by atoms with Gasteiger partial charge in [0.1, 0.15) is 0 Å². The van der Waals surface area contributed by atoms with E-state index in [1.807, 2.05) is 0 Å². The molecule has 0 aliphatic carbocycles. The predicted octanol–water partition coefficient (Wildman–Crippen LogP) is 3.93. The van der Waals surface area contributed by atoms with Crippen molar-refractivity contribution in [3.05, 3.63) is 68.7 Å². The van der Waals surface area contributed by atoms with Crippen LogP contribution < -0.4 is 11.3 Å². The van der Waals surface area contributed by atoms with Crippen molar-refractivity contribution in [2.24, 2.45) is 5.84 Å². The van der Waals surface area contributed by atoms with Crippen molar-refractivity contribution < 1.29 is 8.78 Å². The zero-order valence-electron chi connectivity index (χ0n) is 9.63. The van der Waals surface area contributed by atoms with Gasteiger partial charge in [-0.05, 0) is 23.8 Å². The summed E-state index contributed by atoms with van der Waals surface area (Å²) in [7, 11) is 0. The van der Waals surface area contributed by atoms with Crippen LogP contribution in [0.4, 0.5) is 8.78 Å². The molecule has 19 heavy (non-hydrogen) atoms. The van der Waals surface area contributed by atoms with Crippen LogP contribution in [-0.4, -0.2) is 0 Å². The summed E-state index contributed by atoms with van der Waals surface area (Å²) in [6.45, 7) is 0. The zero-order valence-corrected chi connectivity index (χ0v) is 12.0. The van der Waals surface area contributed by atoms with Gasteiger partial charge in [-0.3, -0.25) is 5.84 Å². The Morgan fingerprint density at radius 2 is 1.89 bits per heavy atom. The topological polar surface area (TPSA) is 38.0 Å². The van der Waals surface area contributed by atoms with Crippen molar-refractivity contribution >= 4 is 27.5 Å². The predicted molar refractivity (Wildman–Crippen MR) is 74.7 cm³/mol. The SMILES string of the molecule is NNC(c1ccc(Cl)cc1Br)c1cccc(F)c1F. The normalized spacial score (nSPS) is 12.5. The number of nitrogens with one attached hydrogen (secondary N) is 1. The van der Waals surface area contributed by atoms with E-state index in [1.54, 1.807) is 18.2 Å². The van der Waals surface area contributed by atoms with Crippen LogP contribution in [0.2, 0.25) is 5.02 Å². The van der Waals surface area contributed by atoms with E-state index in [-0.39, 0.29) is 5.56 Å². The minimum Gasteiger partial charge on any atom is -0.271 e. The lowest BCUT2D eigenvalue weighted by Gasteiger charge is -2.19. The lowest BCUT2D eigenvalue weighted by atomic mass is 9.98. The molecule has 2 aromatic carbocycles. The van der Waals surface area contributed by atoms with Gasteiger partial charge in [0.05, 0.1) is 6.04 Å². The highest BCUT2D eigenvalue weighted by Gasteiger charge is 2.20. The fourth-order valence-electron chi connectivity index (χ4n) is 1.83. The molecule has 2 aromatic rings. The maximum Gasteiger partial charge on any atom is 0.163 e.